The van der Waals surface area contributed by atoms with E-state index in [9.17, 15) is 0 Å². The van der Waals surface area contributed by atoms with Crippen molar-refractivity contribution in [3.8, 4) is 11.3 Å². The molecule has 70 valence electrons. The highest BCUT2D eigenvalue weighted by Crippen LogP contribution is 2.27. The molecule has 2 heterocycles. The van der Waals surface area contributed by atoms with E-state index in [-0.39, 0.29) is 0 Å². The summed E-state index contributed by atoms with van der Waals surface area (Å²) in [5.41, 5.74) is 6.93. The van der Waals surface area contributed by atoms with E-state index in [1.807, 2.05) is 12.1 Å². The molecular weight excluding hydrogens is 200 g/mol. The van der Waals surface area contributed by atoms with Crippen molar-refractivity contribution < 1.29 is 0 Å². The molecule has 2 aromatic heterocycles. The number of pyridine rings is 1. The summed E-state index contributed by atoms with van der Waals surface area (Å²) in [5, 5.41) is 0.316. The fourth-order valence-electron chi connectivity index (χ4n) is 1.12. The van der Waals surface area contributed by atoms with Crippen molar-refractivity contribution in [2.45, 2.75) is 0 Å². The highest BCUT2D eigenvalue weighted by atomic mass is 35.5. The summed E-state index contributed by atoms with van der Waals surface area (Å²) in [6.07, 6.45) is 2.99. The first-order valence-electron chi connectivity index (χ1n) is 3.96. The molecule has 0 atom stereocenters. The van der Waals surface area contributed by atoms with Crippen molar-refractivity contribution in [2.75, 3.05) is 5.73 Å². The molecule has 0 aliphatic rings. The van der Waals surface area contributed by atoms with Gasteiger partial charge in [0.25, 0.3) is 0 Å². The van der Waals surface area contributed by atoms with Crippen LogP contribution in [0.1, 0.15) is 0 Å². The van der Waals surface area contributed by atoms with Crippen molar-refractivity contribution in [3.63, 3.8) is 0 Å². The first-order chi connectivity index (χ1) is 6.79. The van der Waals surface area contributed by atoms with Gasteiger partial charge in [-0.2, -0.15) is 0 Å². The first-order valence-corrected chi connectivity index (χ1v) is 4.34. The summed E-state index contributed by atoms with van der Waals surface area (Å²) in [6.45, 7) is 0. The molecule has 4 nitrogen and oxygen atoms in total. The Bertz CT molecular complexity index is 424. The minimum Gasteiger partial charge on any atom is -0.383 e. The zero-order valence-electron chi connectivity index (χ0n) is 7.18. The lowest BCUT2D eigenvalue weighted by molar-refractivity contribution is 1.17. The first kappa shape index (κ1) is 8.90. The standard InChI is InChI=1S/C9H7ClN4/c10-8-7(9(11)14-5-13-8)6-3-1-2-4-12-6/h1-5H,(H2,11,13,14). The van der Waals surface area contributed by atoms with Crippen LogP contribution >= 0.6 is 11.6 Å². The third-order valence-electron chi connectivity index (χ3n) is 1.75. The maximum Gasteiger partial charge on any atom is 0.143 e. The Hall–Kier alpha value is -1.68. The van der Waals surface area contributed by atoms with Gasteiger partial charge in [-0.15, -0.1) is 0 Å². The van der Waals surface area contributed by atoms with Crippen LogP contribution in [0.2, 0.25) is 5.15 Å². The second-order valence-electron chi connectivity index (χ2n) is 2.64. The van der Waals surface area contributed by atoms with E-state index in [2.05, 4.69) is 15.0 Å². The summed E-state index contributed by atoms with van der Waals surface area (Å²) >= 11 is 5.89. The van der Waals surface area contributed by atoms with Gasteiger partial charge < -0.3 is 5.73 Å². The van der Waals surface area contributed by atoms with Crippen molar-refractivity contribution in [3.05, 3.63) is 35.9 Å². The number of rotatable bonds is 1. The van der Waals surface area contributed by atoms with Crippen molar-refractivity contribution in [1.29, 1.82) is 0 Å². The molecule has 0 unspecified atom stereocenters. The van der Waals surface area contributed by atoms with Gasteiger partial charge in [0.1, 0.15) is 17.3 Å². The van der Waals surface area contributed by atoms with Gasteiger partial charge in [0, 0.05) is 6.20 Å². The molecule has 0 aliphatic carbocycles. The Morgan fingerprint density at radius 1 is 1.14 bits per heavy atom. The van der Waals surface area contributed by atoms with Crippen LogP contribution in [-0.4, -0.2) is 15.0 Å². The molecule has 0 spiro atoms. The van der Waals surface area contributed by atoms with E-state index >= 15 is 0 Å². The Labute approximate surface area is 85.8 Å². The van der Waals surface area contributed by atoms with E-state index in [1.54, 1.807) is 12.3 Å². The summed E-state index contributed by atoms with van der Waals surface area (Å²) in [4.78, 5) is 11.8. The summed E-state index contributed by atoms with van der Waals surface area (Å²) in [5.74, 6) is 0.337. The Morgan fingerprint density at radius 3 is 2.64 bits per heavy atom. The van der Waals surface area contributed by atoms with Gasteiger partial charge in [-0.1, -0.05) is 17.7 Å². The summed E-state index contributed by atoms with van der Waals surface area (Å²) in [6, 6.07) is 5.48. The number of nitrogens with zero attached hydrogens (tertiary/aromatic N) is 3. The zero-order valence-corrected chi connectivity index (χ0v) is 7.94. The van der Waals surface area contributed by atoms with Gasteiger partial charge in [0.05, 0.1) is 11.3 Å². The lowest BCUT2D eigenvalue weighted by atomic mass is 10.2. The maximum atomic E-state index is 5.89. The molecule has 0 saturated carbocycles. The largest absolute Gasteiger partial charge is 0.383 e. The van der Waals surface area contributed by atoms with Crippen molar-refractivity contribution in [2.24, 2.45) is 0 Å². The molecule has 0 radical (unpaired) electrons. The Morgan fingerprint density at radius 2 is 2.00 bits per heavy atom. The van der Waals surface area contributed by atoms with Crippen LogP contribution in [0.15, 0.2) is 30.7 Å². The second kappa shape index (κ2) is 3.59. The monoisotopic (exact) mass is 206 g/mol. The second-order valence-corrected chi connectivity index (χ2v) is 3.00. The third-order valence-corrected chi connectivity index (χ3v) is 2.04. The molecule has 0 fully saturated rings. The third kappa shape index (κ3) is 1.52. The SMILES string of the molecule is Nc1ncnc(Cl)c1-c1ccccn1. The van der Waals surface area contributed by atoms with Crippen LogP contribution in [0.4, 0.5) is 5.82 Å². The average Bonchev–Trinajstić information content (AvgIpc) is 2.19. The highest BCUT2D eigenvalue weighted by molar-refractivity contribution is 6.32. The zero-order chi connectivity index (χ0) is 9.97. The van der Waals surface area contributed by atoms with E-state index in [0.717, 1.165) is 0 Å². The van der Waals surface area contributed by atoms with Crippen LogP contribution in [0, 0.1) is 0 Å². The molecular formula is C9H7ClN4. The molecule has 5 heteroatoms. The van der Waals surface area contributed by atoms with Crippen molar-refractivity contribution in [1.82, 2.24) is 15.0 Å². The number of anilines is 1. The predicted molar refractivity (Wildman–Crippen MR) is 54.7 cm³/mol. The average molecular weight is 207 g/mol. The highest BCUT2D eigenvalue weighted by Gasteiger charge is 2.09. The van der Waals surface area contributed by atoms with Gasteiger partial charge in [-0.25, -0.2) is 9.97 Å². The number of nitrogen functional groups attached to an aromatic ring is 1. The smallest absolute Gasteiger partial charge is 0.143 e. The molecule has 0 aliphatic heterocycles. The van der Waals surface area contributed by atoms with E-state index < -0.39 is 0 Å². The van der Waals surface area contributed by atoms with Crippen LogP contribution in [-0.2, 0) is 0 Å². The van der Waals surface area contributed by atoms with E-state index in [1.165, 1.54) is 6.33 Å². The molecule has 0 amide bonds. The van der Waals surface area contributed by atoms with Crippen LogP contribution < -0.4 is 5.73 Å². The maximum absolute atomic E-state index is 5.89. The molecule has 0 aromatic carbocycles. The summed E-state index contributed by atoms with van der Waals surface area (Å²) in [7, 11) is 0. The number of halogens is 1. The van der Waals surface area contributed by atoms with Crippen LogP contribution in [0.5, 0.6) is 0 Å². The minimum atomic E-state index is 0.316. The fraction of sp³-hybridized carbons (Fsp3) is 0. The summed E-state index contributed by atoms with van der Waals surface area (Å²) < 4.78 is 0. The van der Waals surface area contributed by atoms with Crippen LogP contribution in [0.25, 0.3) is 11.3 Å². The molecule has 2 aromatic rings. The lowest BCUT2D eigenvalue weighted by Gasteiger charge is -2.04. The van der Waals surface area contributed by atoms with Gasteiger partial charge >= 0.3 is 0 Å². The van der Waals surface area contributed by atoms with Gasteiger partial charge in [-0.3, -0.25) is 4.98 Å². The number of hydrogen-bond donors (Lipinski definition) is 1. The van der Waals surface area contributed by atoms with E-state index in [0.29, 0.717) is 22.2 Å². The number of hydrogen-bond acceptors (Lipinski definition) is 4. The number of nitrogens with two attached hydrogens (primary N) is 1. The topological polar surface area (TPSA) is 64.7 Å². The molecule has 0 saturated heterocycles. The molecule has 0 bridgehead atoms. The van der Waals surface area contributed by atoms with E-state index in [4.69, 9.17) is 17.3 Å². The number of aromatic nitrogens is 3. The lowest BCUT2D eigenvalue weighted by Crippen LogP contribution is -1.97. The van der Waals surface area contributed by atoms with Gasteiger partial charge in [0.2, 0.25) is 0 Å². The molecule has 14 heavy (non-hydrogen) atoms. The predicted octanol–water partition coefficient (Wildman–Crippen LogP) is 1.77. The molecule has 2 rings (SSSR count). The normalized spacial score (nSPS) is 10.1. The Balaban J connectivity index is 2.63. The van der Waals surface area contributed by atoms with Crippen molar-refractivity contribution >= 4 is 17.4 Å². The van der Waals surface area contributed by atoms with Crippen LogP contribution in [0.3, 0.4) is 0 Å². The van der Waals surface area contributed by atoms with Gasteiger partial charge in [-0.05, 0) is 12.1 Å². The minimum absolute atomic E-state index is 0.316. The quantitative estimate of drug-likeness (QED) is 0.723. The molecule has 2 N–H and O–H groups in total. The van der Waals surface area contributed by atoms with Gasteiger partial charge in [0.15, 0.2) is 0 Å². The Kier molecular flexibility index (Phi) is 2.28. The fourth-order valence-corrected chi connectivity index (χ4v) is 1.36.